The highest BCUT2D eigenvalue weighted by atomic mass is 16.6. The fourth-order valence-electron chi connectivity index (χ4n) is 2.63. The van der Waals surface area contributed by atoms with Gasteiger partial charge in [-0.05, 0) is 12.1 Å². The van der Waals surface area contributed by atoms with Gasteiger partial charge in [0.15, 0.2) is 6.10 Å². The van der Waals surface area contributed by atoms with E-state index in [9.17, 15) is 4.79 Å². The van der Waals surface area contributed by atoms with Crippen LogP contribution in [0.3, 0.4) is 0 Å². The molecule has 7 heteroatoms. The van der Waals surface area contributed by atoms with E-state index in [4.69, 9.17) is 14.7 Å². The number of aromatic nitrogens is 1. The minimum Gasteiger partial charge on any atom is -0.376 e. The number of hydrogen-bond acceptors (Lipinski definition) is 6. The Bertz CT molecular complexity index is 555. The first-order valence-electron chi connectivity index (χ1n) is 7.37. The number of ether oxygens (including phenoxy) is 2. The van der Waals surface area contributed by atoms with Gasteiger partial charge in [0.2, 0.25) is 0 Å². The summed E-state index contributed by atoms with van der Waals surface area (Å²) >= 11 is 0. The number of amides is 1. The molecule has 0 saturated carbocycles. The highest BCUT2D eigenvalue weighted by Gasteiger charge is 2.30. The van der Waals surface area contributed by atoms with Gasteiger partial charge in [0.1, 0.15) is 11.9 Å². The first kappa shape index (κ1) is 14.8. The van der Waals surface area contributed by atoms with Gasteiger partial charge in [-0.25, -0.2) is 4.98 Å². The van der Waals surface area contributed by atoms with Gasteiger partial charge in [0.05, 0.1) is 25.4 Å². The molecule has 0 spiro atoms. The molecule has 22 heavy (non-hydrogen) atoms. The average Bonchev–Trinajstić information content (AvgIpc) is 2.62. The van der Waals surface area contributed by atoms with Gasteiger partial charge < -0.3 is 19.3 Å². The minimum atomic E-state index is -0.465. The molecule has 1 aromatic heterocycles. The molecule has 2 aliphatic rings. The molecule has 0 bridgehead atoms. The lowest BCUT2D eigenvalue weighted by molar-refractivity contribution is -0.158. The fraction of sp³-hybridized carbons (Fsp3) is 0.533. The van der Waals surface area contributed by atoms with Gasteiger partial charge in [0.25, 0.3) is 5.91 Å². The highest BCUT2D eigenvalue weighted by Crippen LogP contribution is 2.15. The fourth-order valence-corrected chi connectivity index (χ4v) is 2.63. The van der Waals surface area contributed by atoms with Crippen molar-refractivity contribution in [2.45, 2.75) is 6.10 Å². The topological polar surface area (TPSA) is 78.7 Å². The second-order valence-corrected chi connectivity index (χ2v) is 5.26. The lowest BCUT2D eigenvalue weighted by Crippen LogP contribution is -2.53. The number of hydrogen-bond donors (Lipinski definition) is 0. The normalized spacial score (nSPS) is 22.2. The lowest BCUT2D eigenvalue weighted by atomic mass is 10.2. The maximum Gasteiger partial charge on any atom is 0.254 e. The number of carbonyl (C=O) groups excluding carboxylic acids is 1. The number of nitriles is 1. The highest BCUT2D eigenvalue weighted by molar-refractivity contribution is 5.81. The molecule has 2 fully saturated rings. The van der Waals surface area contributed by atoms with E-state index >= 15 is 0 Å². The van der Waals surface area contributed by atoms with E-state index in [1.54, 1.807) is 12.3 Å². The van der Waals surface area contributed by atoms with Crippen molar-refractivity contribution in [3.8, 4) is 6.07 Å². The Morgan fingerprint density at radius 2 is 2.09 bits per heavy atom. The van der Waals surface area contributed by atoms with Crippen molar-refractivity contribution >= 4 is 11.7 Å². The Kier molecular flexibility index (Phi) is 4.51. The van der Waals surface area contributed by atoms with Crippen LogP contribution in [0.25, 0.3) is 0 Å². The van der Waals surface area contributed by atoms with E-state index in [1.807, 2.05) is 11.0 Å². The van der Waals surface area contributed by atoms with Gasteiger partial charge in [-0.3, -0.25) is 4.79 Å². The quantitative estimate of drug-likeness (QED) is 0.766. The number of pyridine rings is 1. The maximum absolute atomic E-state index is 12.3. The molecule has 0 aromatic carbocycles. The predicted molar refractivity (Wildman–Crippen MR) is 78.3 cm³/mol. The molecule has 1 aromatic rings. The van der Waals surface area contributed by atoms with Crippen molar-refractivity contribution < 1.29 is 14.3 Å². The molecular formula is C15H18N4O3. The molecule has 0 radical (unpaired) electrons. The summed E-state index contributed by atoms with van der Waals surface area (Å²) in [5.41, 5.74) is 0.548. The summed E-state index contributed by atoms with van der Waals surface area (Å²) < 4.78 is 10.7. The third kappa shape index (κ3) is 3.18. The van der Waals surface area contributed by atoms with E-state index in [2.05, 4.69) is 16.0 Å². The van der Waals surface area contributed by atoms with Crippen LogP contribution in [-0.4, -0.2) is 67.9 Å². The Morgan fingerprint density at radius 1 is 1.27 bits per heavy atom. The van der Waals surface area contributed by atoms with Crippen molar-refractivity contribution in [2.24, 2.45) is 0 Å². The molecule has 2 aliphatic heterocycles. The molecule has 116 valence electrons. The number of anilines is 1. The van der Waals surface area contributed by atoms with E-state index in [0.29, 0.717) is 38.5 Å². The van der Waals surface area contributed by atoms with E-state index in [0.717, 1.165) is 18.9 Å². The molecule has 7 nitrogen and oxygen atoms in total. The largest absolute Gasteiger partial charge is 0.376 e. The molecule has 0 aliphatic carbocycles. The van der Waals surface area contributed by atoms with Crippen LogP contribution in [0.4, 0.5) is 5.82 Å². The van der Waals surface area contributed by atoms with Crippen LogP contribution in [0.1, 0.15) is 5.56 Å². The first-order chi connectivity index (χ1) is 10.8. The van der Waals surface area contributed by atoms with Crippen LogP contribution in [0.15, 0.2) is 18.3 Å². The van der Waals surface area contributed by atoms with Gasteiger partial charge in [-0.2, -0.15) is 5.26 Å². The van der Waals surface area contributed by atoms with Gasteiger partial charge >= 0.3 is 0 Å². The van der Waals surface area contributed by atoms with E-state index < -0.39 is 6.10 Å². The molecule has 0 unspecified atom stereocenters. The zero-order valence-corrected chi connectivity index (χ0v) is 12.3. The number of nitrogens with zero attached hydrogens (tertiary/aromatic N) is 4. The Morgan fingerprint density at radius 3 is 2.68 bits per heavy atom. The molecule has 0 N–H and O–H groups in total. The van der Waals surface area contributed by atoms with Gasteiger partial charge in [-0.15, -0.1) is 0 Å². The van der Waals surface area contributed by atoms with Crippen LogP contribution in [0, 0.1) is 11.3 Å². The van der Waals surface area contributed by atoms with Gasteiger partial charge in [-0.1, -0.05) is 0 Å². The Labute approximate surface area is 129 Å². The summed E-state index contributed by atoms with van der Waals surface area (Å²) in [6.07, 6.45) is 1.11. The molecule has 2 saturated heterocycles. The number of piperazine rings is 1. The van der Waals surface area contributed by atoms with E-state index in [1.165, 1.54) is 0 Å². The molecule has 3 rings (SSSR count). The van der Waals surface area contributed by atoms with E-state index in [-0.39, 0.29) is 5.91 Å². The number of carbonyl (C=O) groups is 1. The standard InChI is InChI=1S/C15H18N4O3/c16-9-12-1-2-14(17-10-12)18-3-5-19(6-4-18)15(20)13-11-21-7-8-22-13/h1-2,10,13H,3-8,11H2/t13-/m1/s1. The van der Waals surface area contributed by atoms with Crippen LogP contribution in [0.5, 0.6) is 0 Å². The third-order valence-corrected chi connectivity index (χ3v) is 3.88. The maximum atomic E-state index is 12.3. The van der Waals surface area contributed by atoms with Crippen LogP contribution >= 0.6 is 0 Å². The lowest BCUT2D eigenvalue weighted by Gasteiger charge is -2.37. The minimum absolute atomic E-state index is 0.00661. The van der Waals surface area contributed by atoms with Crippen LogP contribution in [0.2, 0.25) is 0 Å². The smallest absolute Gasteiger partial charge is 0.254 e. The summed E-state index contributed by atoms with van der Waals surface area (Å²) in [7, 11) is 0. The zero-order valence-electron chi connectivity index (χ0n) is 12.3. The summed E-state index contributed by atoms with van der Waals surface area (Å²) in [4.78, 5) is 20.6. The van der Waals surface area contributed by atoms with Crippen molar-refractivity contribution in [1.82, 2.24) is 9.88 Å². The van der Waals surface area contributed by atoms with Crippen molar-refractivity contribution in [1.29, 1.82) is 5.26 Å². The summed E-state index contributed by atoms with van der Waals surface area (Å²) in [5.74, 6) is 0.843. The van der Waals surface area contributed by atoms with Crippen molar-refractivity contribution in [2.75, 3.05) is 50.9 Å². The number of rotatable bonds is 2. The summed E-state index contributed by atoms with van der Waals surface area (Å²) in [6.45, 7) is 4.10. The molecular weight excluding hydrogens is 284 g/mol. The third-order valence-electron chi connectivity index (χ3n) is 3.88. The molecule has 1 amide bonds. The average molecular weight is 302 g/mol. The van der Waals surface area contributed by atoms with Gasteiger partial charge in [0, 0.05) is 32.4 Å². The second-order valence-electron chi connectivity index (χ2n) is 5.26. The molecule has 1 atom stereocenters. The second kappa shape index (κ2) is 6.73. The monoisotopic (exact) mass is 302 g/mol. The molecule has 3 heterocycles. The Balaban J connectivity index is 1.55. The zero-order chi connectivity index (χ0) is 15.4. The predicted octanol–water partition coefficient (Wildman–Crippen LogP) is 0.0173. The van der Waals surface area contributed by atoms with Crippen molar-refractivity contribution in [3.63, 3.8) is 0 Å². The summed E-state index contributed by atoms with van der Waals surface area (Å²) in [6, 6.07) is 5.65. The first-order valence-corrected chi connectivity index (χ1v) is 7.37. The summed E-state index contributed by atoms with van der Waals surface area (Å²) in [5, 5.41) is 8.79. The van der Waals surface area contributed by atoms with Crippen LogP contribution < -0.4 is 4.90 Å². The Hall–Kier alpha value is -2.17. The van der Waals surface area contributed by atoms with Crippen LogP contribution in [-0.2, 0) is 14.3 Å². The SMILES string of the molecule is N#Cc1ccc(N2CCN(C(=O)[C@H]3COCCO3)CC2)nc1. The van der Waals surface area contributed by atoms with Crippen molar-refractivity contribution in [3.05, 3.63) is 23.9 Å².